The van der Waals surface area contributed by atoms with Gasteiger partial charge in [0.1, 0.15) is 6.04 Å². The van der Waals surface area contributed by atoms with Crippen LogP contribution in [-0.2, 0) is 14.4 Å². The third kappa shape index (κ3) is 2.75. The van der Waals surface area contributed by atoms with Crippen LogP contribution in [0.25, 0.3) is 0 Å². The van der Waals surface area contributed by atoms with Crippen molar-refractivity contribution in [3.8, 4) is 0 Å². The molecule has 2 aliphatic rings. The first-order valence-electron chi connectivity index (χ1n) is 5.86. The van der Waals surface area contributed by atoms with Crippen molar-refractivity contribution >= 4 is 17.8 Å². The molecule has 0 radical (unpaired) electrons. The minimum Gasteiger partial charge on any atom is -0.481 e. The Hall–Kier alpha value is -1.59. The molecule has 2 N–H and O–H groups in total. The minimum absolute atomic E-state index is 0.0496. The van der Waals surface area contributed by atoms with E-state index in [4.69, 9.17) is 5.11 Å². The lowest BCUT2D eigenvalue weighted by Crippen LogP contribution is -2.43. The summed E-state index contributed by atoms with van der Waals surface area (Å²) >= 11 is 0. The van der Waals surface area contributed by atoms with E-state index in [9.17, 15) is 14.4 Å². The fraction of sp³-hybridized carbons (Fsp3) is 0.727. The molecule has 0 aromatic carbocycles. The van der Waals surface area contributed by atoms with Gasteiger partial charge in [0.05, 0.1) is 0 Å². The molecular formula is C11H16N2O4. The third-order valence-corrected chi connectivity index (χ3v) is 3.35. The van der Waals surface area contributed by atoms with E-state index in [1.807, 2.05) is 0 Å². The zero-order chi connectivity index (χ0) is 12.4. The Balaban J connectivity index is 1.85. The van der Waals surface area contributed by atoms with Gasteiger partial charge in [0.15, 0.2) is 0 Å². The molecule has 0 aliphatic carbocycles. The number of likely N-dealkylation sites (tertiary alicyclic amines) is 1. The largest absolute Gasteiger partial charge is 0.481 e. The molecule has 2 amide bonds. The molecule has 2 saturated heterocycles. The van der Waals surface area contributed by atoms with Crippen LogP contribution in [0.5, 0.6) is 0 Å². The molecule has 0 aromatic heterocycles. The highest BCUT2D eigenvalue weighted by Gasteiger charge is 2.34. The smallest absolute Gasteiger partial charge is 0.303 e. The zero-order valence-electron chi connectivity index (χ0n) is 9.52. The van der Waals surface area contributed by atoms with Gasteiger partial charge in [0, 0.05) is 25.9 Å². The lowest BCUT2D eigenvalue weighted by molar-refractivity contribution is -0.138. The first-order valence-corrected chi connectivity index (χ1v) is 5.86. The van der Waals surface area contributed by atoms with Gasteiger partial charge >= 0.3 is 5.97 Å². The van der Waals surface area contributed by atoms with Crippen molar-refractivity contribution in [1.82, 2.24) is 10.2 Å². The van der Waals surface area contributed by atoms with Crippen LogP contribution in [0.1, 0.15) is 25.7 Å². The summed E-state index contributed by atoms with van der Waals surface area (Å²) in [5, 5.41) is 11.3. The van der Waals surface area contributed by atoms with Crippen LogP contribution in [0.3, 0.4) is 0 Å². The number of nitrogens with zero attached hydrogens (tertiary/aromatic N) is 1. The minimum atomic E-state index is -0.821. The molecule has 17 heavy (non-hydrogen) atoms. The van der Waals surface area contributed by atoms with E-state index in [2.05, 4.69) is 5.32 Å². The average molecular weight is 240 g/mol. The summed E-state index contributed by atoms with van der Waals surface area (Å²) < 4.78 is 0. The molecule has 1 unspecified atom stereocenters. The molecule has 2 rings (SSSR count). The maximum absolute atomic E-state index is 12.0. The molecule has 2 heterocycles. The second kappa shape index (κ2) is 4.73. The van der Waals surface area contributed by atoms with Gasteiger partial charge in [0.25, 0.3) is 0 Å². The Kier molecular flexibility index (Phi) is 3.31. The second-order valence-corrected chi connectivity index (χ2v) is 4.70. The van der Waals surface area contributed by atoms with Gasteiger partial charge in [-0.15, -0.1) is 0 Å². The standard InChI is InChI=1S/C11H16N2O4/c14-9-2-1-8(12-9)11(17)13-4-3-7(6-13)5-10(15)16/h7-8H,1-6H2,(H,12,14)(H,15,16)/t7?,8-/m0/s1. The topological polar surface area (TPSA) is 86.7 Å². The van der Waals surface area contributed by atoms with Gasteiger partial charge < -0.3 is 15.3 Å². The van der Waals surface area contributed by atoms with Crippen LogP contribution in [0.2, 0.25) is 0 Å². The fourth-order valence-corrected chi connectivity index (χ4v) is 2.47. The van der Waals surface area contributed by atoms with E-state index < -0.39 is 12.0 Å². The lowest BCUT2D eigenvalue weighted by Gasteiger charge is -2.20. The maximum Gasteiger partial charge on any atom is 0.303 e. The number of carboxylic acid groups (broad SMARTS) is 1. The number of carbonyl (C=O) groups excluding carboxylic acids is 2. The predicted octanol–water partition coefficient (Wildman–Crippen LogP) is -0.412. The molecule has 6 heteroatoms. The van der Waals surface area contributed by atoms with Crippen molar-refractivity contribution in [2.75, 3.05) is 13.1 Å². The third-order valence-electron chi connectivity index (χ3n) is 3.35. The Morgan fingerprint density at radius 3 is 2.76 bits per heavy atom. The number of aliphatic carboxylic acids is 1. The summed E-state index contributed by atoms with van der Waals surface area (Å²) in [5.74, 6) is -0.916. The van der Waals surface area contributed by atoms with Crippen molar-refractivity contribution < 1.29 is 19.5 Å². The van der Waals surface area contributed by atoms with E-state index >= 15 is 0 Å². The van der Waals surface area contributed by atoms with Crippen molar-refractivity contribution in [2.45, 2.75) is 31.7 Å². The van der Waals surface area contributed by atoms with Crippen molar-refractivity contribution in [2.24, 2.45) is 5.92 Å². The van der Waals surface area contributed by atoms with E-state index in [1.165, 1.54) is 0 Å². The molecule has 0 saturated carbocycles. The van der Waals surface area contributed by atoms with Crippen molar-refractivity contribution in [1.29, 1.82) is 0 Å². The summed E-state index contributed by atoms with van der Waals surface area (Å²) in [5.41, 5.74) is 0. The van der Waals surface area contributed by atoms with E-state index in [1.54, 1.807) is 4.90 Å². The van der Waals surface area contributed by atoms with Crippen LogP contribution >= 0.6 is 0 Å². The van der Waals surface area contributed by atoms with Gasteiger partial charge in [0.2, 0.25) is 11.8 Å². The number of nitrogens with one attached hydrogen (secondary N) is 1. The summed E-state index contributed by atoms with van der Waals surface area (Å²) in [4.78, 5) is 35.3. The Bertz CT molecular complexity index is 355. The van der Waals surface area contributed by atoms with Gasteiger partial charge in [-0.2, -0.15) is 0 Å². The highest BCUT2D eigenvalue weighted by Crippen LogP contribution is 2.21. The number of carboxylic acids is 1. The Morgan fingerprint density at radius 2 is 2.18 bits per heavy atom. The number of hydrogen-bond donors (Lipinski definition) is 2. The monoisotopic (exact) mass is 240 g/mol. The molecule has 2 fully saturated rings. The first kappa shape index (κ1) is 11.9. The normalized spacial score (nSPS) is 28.2. The molecule has 2 atom stereocenters. The maximum atomic E-state index is 12.0. The van der Waals surface area contributed by atoms with Crippen LogP contribution in [-0.4, -0.2) is 46.9 Å². The van der Waals surface area contributed by atoms with Crippen LogP contribution < -0.4 is 5.32 Å². The second-order valence-electron chi connectivity index (χ2n) is 4.70. The lowest BCUT2D eigenvalue weighted by atomic mass is 10.1. The van der Waals surface area contributed by atoms with E-state index in [0.29, 0.717) is 25.9 Å². The van der Waals surface area contributed by atoms with Crippen molar-refractivity contribution in [3.05, 3.63) is 0 Å². The molecule has 0 spiro atoms. The summed E-state index contributed by atoms with van der Waals surface area (Å²) in [6.07, 6.45) is 1.81. The number of rotatable bonds is 3. The SMILES string of the molecule is O=C(O)CC1CCN(C(=O)[C@@H]2CCC(=O)N2)C1. The fourth-order valence-electron chi connectivity index (χ4n) is 2.47. The van der Waals surface area contributed by atoms with Gasteiger partial charge in [-0.05, 0) is 18.8 Å². The number of hydrogen-bond acceptors (Lipinski definition) is 3. The molecule has 94 valence electrons. The Morgan fingerprint density at radius 1 is 1.41 bits per heavy atom. The van der Waals surface area contributed by atoms with Crippen LogP contribution in [0.15, 0.2) is 0 Å². The summed E-state index contributed by atoms with van der Waals surface area (Å²) in [6, 6.07) is -0.397. The van der Waals surface area contributed by atoms with E-state index in [0.717, 1.165) is 6.42 Å². The van der Waals surface area contributed by atoms with Crippen molar-refractivity contribution in [3.63, 3.8) is 0 Å². The molecule has 6 nitrogen and oxygen atoms in total. The molecule has 0 bridgehead atoms. The zero-order valence-corrected chi connectivity index (χ0v) is 9.52. The van der Waals surface area contributed by atoms with Gasteiger partial charge in [-0.1, -0.05) is 0 Å². The highest BCUT2D eigenvalue weighted by atomic mass is 16.4. The van der Waals surface area contributed by atoms with Gasteiger partial charge in [-0.3, -0.25) is 14.4 Å². The van der Waals surface area contributed by atoms with Crippen LogP contribution in [0.4, 0.5) is 0 Å². The summed E-state index contributed by atoms with van der Waals surface area (Å²) in [6.45, 7) is 1.10. The quantitative estimate of drug-likeness (QED) is 0.702. The van der Waals surface area contributed by atoms with Crippen LogP contribution in [0, 0.1) is 5.92 Å². The average Bonchev–Trinajstić information content (AvgIpc) is 2.85. The molecule has 0 aromatic rings. The molecular weight excluding hydrogens is 224 g/mol. The van der Waals surface area contributed by atoms with E-state index in [-0.39, 0.29) is 24.2 Å². The summed E-state index contributed by atoms with van der Waals surface area (Å²) in [7, 11) is 0. The first-order chi connectivity index (χ1) is 8.06. The highest BCUT2D eigenvalue weighted by molar-refractivity contribution is 5.91. The van der Waals surface area contributed by atoms with Gasteiger partial charge in [-0.25, -0.2) is 0 Å². The Labute approximate surface area is 99.0 Å². The predicted molar refractivity (Wildman–Crippen MR) is 58.1 cm³/mol. The molecule has 2 aliphatic heterocycles. The number of carbonyl (C=O) groups is 3. The number of amides is 2.